The van der Waals surface area contributed by atoms with Gasteiger partial charge in [-0.1, -0.05) is 159 Å². The van der Waals surface area contributed by atoms with Crippen LogP contribution in [-0.2, 0) is 5.41 Å². The van der Waals surface area contributed by atoms with E-state index >= 15 is 0 Å². The Morgan fingerprint density at radius 2 is 0.980 bits per heavy atom. The zero-order valence-electron chi connectivity index (χ0n) is 61.9. The van der Waals surface area contributed by atoms with Crippen molar-refractivity contribution in [3.05, 3.63) is 198 Å². The van der Waals surface area contributed by atoms with Gasteiger partial charge in [-0.2, -0.15) is 0 Å². The molecule has 1 aliphatic rings. The van der Waals surface area contributed by atoms with Crippen LogP contribution in [0.15, 0.2) is 187 Å². The molecule has 0 bridgehead atoms. The Morgan fingerprint density at radius 3 is 1.72 bits per heavy atom. The van der Waals surface area contributed by atoms with Gasteiger partial charge in [-0.3, -0.25) is 0 Å². The Labute approximate surface area is 346 Å². The van der Waals surface area contributed by atoms with Crippen LogP contribution in [0, 0.1) is 0 Å². The molecule has 0 unspecified atom stereocenters. The van der Waals surface area contributed by atoms with Crippen molar-refractivity contribution in [2.24, 2.45) is 0 Å². The Balaban J connectivity index is 1.56. The third-order valence-corrected chi connectivity index (χ3v) is 7.63. The second-order valence-corrected chi connectivity index (χ2v) is 10.5. The zero-order chi connectivity index (χ0) is 65.6. The molecule has 1 heteroatoms. The van der Waals surface area contributed by atoms with Crippen LogP contribution in [0.2, 0.25) is 0 Å². The summed E-state index contributed by atoms with van der Waals surface area (Å²) in [7, 11) is 0. The summed E-state index contributed by atoms with van der Waals surface area (Å²) in [6, 6.07) is -38.1. The molecule has 0 N–H and O–H groups in total. The van der Waals surface area contributed by atoms with E-state index in [-0.39, 0.29) is 4.90 Å². The van der Waals surface area contributed by atoms with Crippen molar-refractivity contribution in [1.29, 1.82) is 0 Å². The maximum absolute atomic E-state index is 10.2. The van der Waals surface area contributed by atoms with E-state index in [1.54, 1.807) is 0 Å². The normalized spacial score (nSPS) is 23.7. The van der Waals surface area contributed by atoms with E-state index in [1.165, 1.54) is 0 Å². The lowest BCUT2D eigenvalue weighted by Crippen LogP contribution is -2.24. The Kier molecular flexibility index (Phi) is 2.46. The van der Waals surface area contributed by atoms with E-state index in [9.17, 15) is 27.4 Å². The highest BCUT2D eigenvalue weighted by Gasteiger charge is 2.35. The van der Waals surface area contributed by atoms with Crippen molar-refractivity contribution in [3.63, 3.8) is 0 Å². The van der Waals surface area contributed by atoms with Crippen molar-refractivity contribution >= 4 is 27.8 Å². The molecule has 50 heavy (non-hydrogen) atoms. The number of anilines is 3. The van der Waals surface area contributed by atoms with E-state index in [1.807, 2.05) is 0 Å². The molecule has 0 atom stereocenters. The number of fused-ring (bicyclic) bond motifs is 2. The van der Waals surface area contributed by atoms with Gasteiger partial charge in [0.1, 0.15) is 0 Å². The molecule has 0 fully saturated rings. The first-order chi connectivity index (χ1) is 40.0. The zero-order valence-corrected chi connectivity index (χ0v) is 24.9. The third kappa shape index (κ3) is 5.02. The molecule has 0 radical (unpaired) electrons. The minimum atomic E-state index is -4.22. The fourth-order valence-corrected chi connectivity index (χ4v) is 5.46. The van der Waals surface area contributed by atoms with Crippen molar-refractivity contribution in [2.45, 2.75) is 19.1 Å². The van der Waals surface area contributed by atoms with Crippen LogP contribution in [0.5, 0.6) is 0 Å². The standard InChI is InChI=1S/C49H37N/c1-49(2)45-23-13-18-37-26-30-43(36-16-8-4-9-17-36)48(47(37)45)44-31-27-39(33-46(44)49)38-19-12-22-42(32-38)50(40-20-10-5-11-21-40)41-28-24-35(25-29-41)34-14-6-3-7-15-34/h3-33H,1-2H3/i1D3,2D3,3D,4D,5D,6D,7D,8D,9D,10D,11D,12D,13D,14D,15D,16D,17D,18D,19D,20D,21D,22D,23D,24D,25D,26D,27D,28D,29D,30D,31D,32D,33D. The van der Waals surface area contributed by atoms with E-state index in [4.69, 9.17) is 23.3 Å². The summed E-state index contributed by atoms with van der Waals surface area (Å²) in [5.74, 6) is 0. The molecule has 9 rings (SSSR count). The van der Waals surface area contributed by atoms with E-state index in [0.717, 1.165) is 0 Å². The Morgan fingerprint density at radius 1 is 0.420 bits per heavy atom. The maximum Gasteiger partial charge on any atom is 0.0651 e. The van der Waals surface area contributed by atoms with Crippen LogP contribution in [0.3, 0.4) is 0 Å². The van der Waals surface area contributed by atoms with Crippen LogP contribution in [-0.4, -0.2) is 0 Å². The predicted molar refractivity (Wildman–Crippen MR) is 213 cm³/mol. The second kappa shape index (κ2) is 12.1. The first-order valence-electron chi connectivity index (χ1n) is 32.9. The second-order valence-electron chi connectivity index (χ2n) is 10.5. The van der Waals surface area contributed by atoms with Gasteiger partial charge < -0.3 is 4.90 Å². The molecule has 0 aliphatic heterocycles. The van der Waals surface area contributed by atoms with Crippen LogP contribution in [0.25, 0.3) is 55.3 Å². The van der Waals surface area contributed by atoms with Gasteiger partial charge in [0.15, 0.2) is 0 Å². The lowest BCUT2D eigenvalue weighted by molar-refractivity contribution is 0.645. The molecule has 8 aromatic carbocycles. The van der Waals surface area contributed by atoms with Gasteiger partial charge >= 0.3 is 0 Å². The van der Waals surface area contributed by atoms with Crippen molar-refractivity contribution in [2.75, 3.05) is 4.90 Å². The quantitative estimate of drug-likeness (QED) is 0.169. The molecule has 8 aromatic rings. The van der Waals surface area contributed by atoms with Gasteiger partial charge in [0.05, 0.1) is 42.5 Å². The van der Waals surface area contributed by atoms with Crippen LogP contribution >= 0.6 is 0 Å². The average Bonchev–Trinajstić information content (AvgIpc) is 0.658. The molecule has 0 saturated carbocycles. The number of rotatable bonds is 6. The molecular formula is C49H37N. The highest BCUT2D eigenvalue weighted by molar-refractivity contribution is 6.09. The van der Waals surface area contributed by atoms with Crippen molar-refractivity contribution < 1.29 is 50.7 Å². The number of nitrogens with zero attached hydrogens (tertiary/aromatic N) is 1. The first-order valence-corrected chi connectivity index (χ1v) is 14.4. The number of para-hydroxylation sites is 1. The lowest BCUT2D eigenvalue weighted by Gasteiger charge is -2.36. The third-order valence-electron chi connectivity index (χ3n) is 7.63. The fourth-order valence-electron chi connectivity index (χ4n) is 5.46. The Hall–Kier alpha value is -6.18. The van der Waals surface area contributed by atoms with Crippen LogP contribution in [0.4, 0.5) is 17.1 Å². The fraction of sp³-hybridized carbons (Fsp3) is 0.0612. The maximum atomic E-state index is 10.2. The summed E-state index contributed by atoms with van der Waals surface area (Å²) < 4.78 is 335. The molecule has 0 spiro atoms. The molecule has 0 saturated heterocycles. The SMILES string of the molecule is [2H]c1c([2H])c([2H])c(-c2c([2H])c([2H])c(N(c3c([2H])c([2H])c([2H])c([2H])c3[2H])c3c([2H])c([2H])c([2H])c(-c4c([2H])c([2H])c5c(c4[2H])C(C([2H])([2H])[2H])(C([2H])([2H])[2H])c4c([2H])c([2H])c([2H])c6c([2H])c([2H])c(-c7c([2H])c([2H])c([2H])c([2H])c7[2H])c-5c46)c3[2H])c([2H])c2[2H])c([2H])c1[2H]. The molecule has 238 valence electrons. The topological polar surface area (TPSA) is 3.24 Å². The summed E-state index contributed by atoms with van der Waals surface area (Å²) in [5.41, 5.74) is -19.4. The summed E-state index contributed by atoms with van der Waals surface area (Å²) in [6.45, 7) is -8.43. The van der Waals surface area contributed by atoms with Crippen molar-refractivity contribution in [3.8, 4) is 44.5 Å². The molecule has 1 nitrogen and oxygen atoms in total. The van der Waals surface area contributed by atoms with E-state index < -0.39 is 290 Å². The molecule has 0 amide bonds. The summed E-state index contributed by atoms with van der Waals surface area (Å²) in [4.78, 5) is 0.179. The smallest absolute Gasteiger partial charge is 0.0651 e. The molecule has 0 heterocycles. The molecule has 1 aliphatic carbocycles. The number of hydrogen-bond acceptors (Lipinski definition) is 1. The first kappa shape index (κ1) is 10.2. The van der Waals surface area contributed by atoms with Gasteiger partial charge in [-0.05, 0) is 109 Å². The van der Waals surface area contributed by atoms with Crippen LogP contribution < -0.4 is 4.90 Å². The predicted octanol–water partition coefficient (Wildman–Crippen LogP) is 13.6. The number of hydrogen-bond donors (Lipinski definition) is 0. The van der Waals surface area contributed by atoms with E-state index in [2.05, 4.69) is 0 Å². The number of benzene rings is 8. The largest absolute Gasteiger partial charge is 0.310 e. The summed E-state index contributed by atoms with van der Waals surface area (Å²) >= 11 is 0. The molecule has 0 aromatic heterocycles. The van der Waals surface area contributed by atoms with Gasteiger partial charge in [0, 0.05) is 30.7 Å². The minimum absolute atomic E-state index is 0.179. The monoisotopic (exact) mass is 677 g/mol. The highest BCUT2D eigenvalue weighted by atomic mass is 15.1. The summed E-state index contributed by atoms with van der Waals surface area (Å²) in [6.07, 6.45) is 0. The van der Waals surface area contributed by atoms with Gasteiger partial charge in [0.25, 0.3) is 0 Å². The van der Waals surface area contributed by atoms with Gasteiger partial charge in [-0.15, -0.1) is 0 Å². The average molecular weight is 677 g/mol. The van der Waals surface area contributed by atoms with E-state index in [0.29, 0.717) is 0 Å². The molecular weight excluding hydrogens is 603 g/mol. The van der Waals surface area contributed by atoms with Gasteiger partial charge in [-0.25, -0.2) is 0 Å². The van der Waals surface area contributed by atoms with Crippen molar-refractivity contribution in [1.82, 2.24) is 0 Å². The minimum Gasteiger partial charge on any atom is -0.310 e. The Bertz CT molecular complexity index is 4370. The highest BCUT2D eigenvalue weighted by Crippen LogP contribution is 2.52. The lowest BCUT2D eigenvalue weighted by atomic mass is 9.67. The van der Waals surface area contributed by atoms with Crippen LogP contribution in [0.1, 0.15) is 75.5 Å². The summed E-state index contributed by atoms with van der Waals surface area (Å²) in [5, 5.41) is -1.92. The van der Waals surface area contributed by atoms with Gasteiger partial charge in [0.2, 0.25) is 0 Å².